The molecule has 0 aromatic heterocycles. The Morgan fingerprint density at radius 3 is 2.50 bits per heavy atom. The van der Waals surface area contributed by atoms with Crippen molar-refractivity contribution in [3.63, 3.8) is 0 Å². The number of nitrogens with one attached hydrogen (secondary N) is 2. The van der Waals surface area contributed by atoms with Crippen molar-refractivity contribution in [2.45, 2.75) is 6.42 Å². The third-order valence-corrected chi connectivity index (χ3v) is 3.88. The summed E-state index contributed by atoms with van der Waals surface area (Å²) >= 11 is 14.8. The van der Waals surface area contributed by atoms with Gasteiger partial charge >= 0.3 is 0 Å². The molecule has 2 rings (SSSR count). The van der Waals surface area contributed by atoms with Gasteiger partial charge in [-0.15, -0.1) is 0 Å². The lowest BCUT2D eigenvalue weighted by molar-refractivity contribution is 0.873. The molecule has 0 unspecified atom stereocenters. The summed E-state index contributed by atoms with van der Waals surface area (Å²) in [5.74, 6) is 0. The maximum Gasteiger partial charge on any atom is 0.170 e. The number of anilines is 1. The second-order valence-corrected chi connectivity index (χ2v) is 5.96. The van der Waals surface area contributed by atoms with Crippen LogP contribution in [0.5, 0.6) is 0 Å². The summed E-state index contributed by atoms with van der Waals surface area (Å²) < 4.78 is 1.04. The Kier molecular flexibility index (Phi) is 5.83. The fraction of sp³-hybridized carbons (Fsp3) is 0.133. The van der Waals surface area contributed by atoms with Crippen molar-refractivity contribution in [2.24, 2.45) is 0 Å². The van der Waals surface area contributed by atoms with E-state index in [1.807, 2.05) is 48.5 Å². The third kappa shape index (κ3) is 4.78. The van der Waals surface area contributed by atoms with Crippen LogP contribution in [0, 0.1) is 0 Å². The Bertz CT molecular complexity index is 587. The zero-order chi connectivity index (χ0) is 14.4. The van der Waals surface area contributed by atoms with Gasteiger partial charge in [-0.2, -0.15) is 0 Å². The number of halogens is 2. The molecule has 0 heterocycles. The molecule has 0 atom stereocenters. The predicted molar refractivity (Wildman–Crippen MR) is 93.5 cm³/mol. The zero-order valence-corrected chi connectivity index (χ0v) is 13.9. The van der Waals surface area contributed by atoms with Gasteiger partial charge in [0.2, 0.25) is 0 Å². The van der Waals surface area contributed by atoms with Crippen LogP contribution in [0.2, 0.25) is 5.02 Å². The lowest BCUT2D eigenvalue weighted by Crippen LogP contribution is -2.30. The minimum absolute atomic E-state index is 0.611. The average Bonchev–Trinajstić information content (AvgIpc) is 2.43. The molecule has 0 aliphatic rings. The van der Waals surface area contributed by atoms with Crippen LogP contribution in [0.15, 0.2) is 53.0 Å². The first-order chi connectivity index (χ1) is 9.65. The van der Waals surface area contributed by atoms with E-state index in [9.17, 15) is 0 Å². The molecule has 2 nitrogen and oxygen atoms in total. The second-order valence-electron chi connectivity index (χ2n) is 4.23. The summed E-state index contributed by atoms with van der Waals surface area (Å²) in [7, 11) is 0. The van der Waals surface area contributed by atoms with Crippen molar-refractivity contribution in [3.05, 3.63) is 63.6 Å². The monoisotopic (exact) mass is 368 g/mol. The molecule has 0 bridgehead atoms. The molecule has 2 N–H and O–H groups in total. The molecule has 0 saturated heterocycles. The first-order valence-electron chi connectivity index (χ1n) is 6.19. The molecule has 0 aliphatic carbocycles. The van der Waals surface area contributed by atoms with Crippen molar-refractivity contribution < 1.29 is 0 Å². The SMILES string of the molecule is S=C(NCCc1ccccc1Cl)Nc1ccc(Br)cc1. The van der Waals surface area contributed by atoms with Crippen LogP contribution in [0.3, 0.4) is 0 Å². The van der Waals surface area contributed by atoms with E-state index in [-0.39, 0.29) is 0 Å². The van der Waals surface area contributed by atoms with Gasteiger partial charge in [0.05, 0.1) is 0 Å². The number of hydrogen-bond donors (Lipinski definition) is 2. The molecule has 0 aliphatic heterocycles. The van der Waals surface area contributed by atoms with Gasteiger partial charge in [-0.05, 0) is 54.5 Å². The predicted octanol–water partition coefficient (Wildman–Crippen LogP) is 4.63. The summed E-state index contributed by atoms with van der Waals surface area (Å²) in [6.45, 7) is 0.742. The standard InChI is InChI=1S/C15H14BrClN2S/c16-12-5-7-13(8-6-12)19-15(20)18-10-9-11-3-1-2-4-14(11)17/h1-8H,9-10H2,(H2,18,19,20). The van der Waals surface area contributed by atoms with Gasteiger partial charge in [0.25, 0.3) is 0 Å². The van der Waals surface area contributed by atoms with Gasteiger partial charge in [-0.1, -0.05) is 45.7 Å². The summed E-state index contributed by atoms with van der Waals surface area (Å²) in [4.78, 5) is 0. The van der Waals surface area contributed by atoms with Crippen molar-refractivity contribution in [2.75, 3.05) is 11.9 Å². The second kappa shape index (κ2) is 7.62. The first-order valence-corrected chi connectivity index (χ1v) is 7.77. The zero-order valence-electron chi connectivity index (χ0n) is 10.7. The maximum atomic E-state index is 6.10. The first kappa shape index (κ1) is 15.3. The fourth-order valence-corrected chi connectivity index (χ4v) is 2.43. The molecule has 5 heteroatoms. The van der Waals surface area contributed by atoms with E-state index in [1.165, 1.54) is 0 Å². The third-order valence-electron chi connectivity index (χ3n) is 2.74. The van der Waals surface area contributed by atoms with Crippen LogP contribution in [0.25, 0.3) is 0 Å². The molecule has 20 heavy (non-hydrogen) atoms. The van der Waals surface area contributed by atoms with Crippen LogP contribution in [-0.2, 0) is 6.42 Å². The molecule has 2 aromatic rings. The largest absolute Gasteiger partial charge is 0.362 e. The van der Waals surface area contributed by atoms with Crippen molar-refractivity contribution >= 4 is 50.5 Å². The molecular weight excluding hydrogens is 356 g/mol. The Labute approximate surface area is 137 Å². The van der Waals surface area contributed by atoms with Gasteiger partial charge < -0.3 is 10.6 Å². The van der Waals surface area contributed by atoms with Crippen LogP contribution in [0.1, 0.15) is 5.56 Å². The molecule has 104 valence electrons. The van der Waals surface area contributed by atoms with Crippen LogP contribution >= 0.6 is 39.7 Å². The number of rotatable bonds is 4. The van der Waals surface area contributed by atoms with Gasteiger partial charge in [0.15, 0.2) is 5.11 Å². The van der Waals surface area contributed by atoms with Gasteiger partial charge in [0, 0.05) is 21.7 Å². The van der Waals surface area contributed by atoms with E-state index >= 15 is 0 Å². The Morgan fingerprint density at radius 1 is 1.10 bits per heavy atom. The van der Waals surface area contributed by atoms with E-state index in [4.69, 9.17) is 23.8 Å². The molecule has 2 aromatic carbocycles. The van der Waals surface area contributed by atoms with E-state index in [1.54, 1.807) is 0 Å². The minimum Gasteiger partial charge on any atom is -0.362 e. The van der Waals surface area contributed by atoms with E-state index in [0.717, 1.165) is 33.7 Å². The normalized spacial score (nSPS) is 10.1. The van der Waals surface area contributed by atoms with Gasteiger partial charge in [-0.25, -0.2) is 0 Å². The highest BCUT2D eigenvalue weighted by Gasteiger charge is 2.00. The summed E-state index contributed by atoms with van der Waals surface area (Å²) in [5.41, 5.74) is 2.08. The van der Waals surface area contributed by atoms with E-state index in [0.29, 0.717) is 5.11 Å². The van der Waals surface area contributed by atoms with Crippen molar-refractivity contribution in [1.29, 1.82) is 0 Å². The average molecular weight is 370 g/mol. The highest BCUT2D eigenvalue weighted by molar-refractivity contribution is 9.10. The Morgan fingerprint density at radius 2 is 1.80 bits per heavy atom. The van der Waals surface area contributed by atoms with Gasteiger partial charge in [0.1, 0.15) is 0 Å². The minimum atomic E-state index is 0.611. The molecule has 0 fully saturated rings. The van der Waals surface area contributed by atoms with Crippen molar-refractivity contribution in [1.82, 2.24) is 5.32 Å². The Hall–Kier alpha value is -1.10. The topological polar surface area (TPSA) is 24.1 Å². The summed E-state index contributed by atoms with van der Waals surface area (Å²) in [5, 5.41) is 7.71. The lowest BCUT2D eigenvalue weighted by atomic mass is 10.1. The maximum absolute atomic E-state index is 6.10. The molecule has 0 radical (unpaired) electrons. The fourth-order valence-electron chi connectivity index (χ4n) is 1.72. The number of thiocarbonyl (C=S) groups is 1. The molecule has 0 amide bonds. The number of benzene rings is 2. The quantitative estimate of drug-likeness (QED) is 0.768. The van der Waals surface area contributed by atoms with Crippen LogP contribution in [0.4, 0.5) is 5.69 Å². The molecule has 0 saturated carbocycles. The Balaban J connectivity index is 1.78. The van der Waals surface area contributed by atoms with Crippen molar-refractivity contribution in [3.8, 4) is 0 Å². The van der Waals surface area contributed by atoms with Crippen LogP contribution in [-0.4, -0.2) is 11.7 Å². The highest BCUT2D eigenvalue weighted by atomic mass is 79.9. The summed E-state index contributed by atoms with van der Waals surface area (Å²) in [6, 6.07) is 15.7. The highest BCUT2D eigenvalue weighted by Crippen LogP contribution is 2.15. The molecular formula is C15H14BrClN2S. The van der Waals surface area contributed by atoms with Gasteiger partial charge in [-0.3, -0.25) is 0 Å². The van der Waals surface area contributed by atoms with E-state index < -0.39 is 0 Å². The van der Waals surface area contributed by atoms with Crippen LogP contribution < -0.4 is 10.6 Å². The number of hydrogen-bond acceptors (Lipinski definition) is 1. The smallest absolute Gasteiger partial charge is 0.170 e. The summed E-state index contributed by atoms with van der Waals surface area (Å²) in [6.07, 6.45) is 0.835. The molecule has 0 spiro atoms. The van der Waals surface area contributed by atoms with E-state index in [2.05, 4.69) is 26.6 Å². The lowest BCUT2D eigenvalue weighted by Gasteiger charge is -2.11.